The quantitative estimate of drug-likeness (QED) is 0.517. The zero-order chi connectivity index (χ0) is 20.2. The van der Waals surface area contributed by atoms with Crippen molar-refractivity contribution in [3.63, 3.8) is 0 Å². The first kappa shape index (κ1) is 18.9. The lowest BCUT2D eigenvalue weighted by molar-refractivity contribution is 0.0950. The molecule has 1 amide bonds. The van der Waals surface area contributed by atoms with E-state index in [1.165, 1.54) is 6.42 Å². The summed E-state index contributed by atoms with van der Waals surface area (Å²) in [7, 11) is 0. The maximum absolute atomic E-state index is 12.2. The van der Waals surface area contributed by atoms with Crippen LogP contribution in [0.15, 0.2) is 41.5 Å². The molecule has 0 radical (unpaired) electrons. The van der Waals surface area contributed by atoms with Crippen LogP contribution in [0.5, 0.6) is 0 Å². The van der Waals surface area contributed by atoms with Crippen LogP contribution >= 0.6 is 0 Å². The average molecular weight is 391 g/mol. The van der Waals surface area contributed by atoms with Gasteiger partial charge in [-0.1, -0.05) is 18.2 Å². The molecule has 1 aromatic carbocycles. The molecule has 3 heterocycles. The number of anilines is 1. The van der Waals surface area contributed by atoms with Crippen molar-refractivity contribution in [3.8, 4) is 5.69 Å². The number of para-hydroxylation sites is 1. The molecular formula is C21H25N7O. The topological polar surface area (TPSA) is 91.2 Å². The highest BCUT2D eigenvalue weighted by atomic mass is 16.2. The zero-order valence-electron chi connectivity index (χ0n) is 16.7. The van der Waals surface area contributed by atoms with E-state index < -0.39 is 0 Å². The lowest BCUT2D eigenvalue weighted by Gasteiger charge is -2.29. The van der Waals surface area contributed by atoms with E-state index in [9.17, 15) is 4.79 Å². The number of hydrogen-bond donors (Lipinski definition) is 2. The van der Waals surface area contributed by atoms with Crippen LogP contribution in [-0.2, 0) is 0 Å². The van der Waals surface area contributed by atoms with Crippen LogP contribution in [0, 0.1) is 13.8 Å². The number of piperidine rings is 1. The summed E-state index contributed by atoms with van der Waals surface area (Å²) >= 11 is 0. The fourth-order valence-electron chi connectivity index (χ4n) is 3.58. The number of nitrogens with zero attached hydrogens (tertiary/aromatic N) is 5. The van der Waals surface area contributed by atoms with Crippen molar-refractivity contribution < 1.29 is 4.79 Å². The largest absolute Gasteiger partial charge is 0.356 e. The summed E-state index contributed by atoms with van der Waals surface area (Å²) < 4.78 is 1.97. The third-order valence-electron chi connectivity index (χ3n) is 5.04. The Morgan fingerprint density at radius 2 is 1.93 bits per heavy atom. The second-order valence-corrected chi connectivity index (χ2v) is 7.25. The number of benzene rings is 1. The zero-order valence-corrected chi connectivity index (χ0v) is 16.7. The van der Waals surface area contributed by atoms with Crippen LogP contribution in [0.2, 0.25) is 0 Å². The maximum Gasteiger partial charge on any atom is 0.291 e. The summed E-state index contributed by atoms with van der Waals surface area (Å²) in [5.41, 5.74) is 6.48. The standard InChI is InChI=1S/C21H25N7O/c1-15-13-19(24-23-15)20(29)25-22-14-18-16(2)26-28(17-9-5-3-6-10-17)21(18)27-11-7-4-8-12-27/h3,5-6,9-10,13-14H,4,7-8,11-12H2,1-2H3,(H,23,24)(H,25,29)/b22-14-. The SMILES string of the molecule is Cc1cc(C(=O)N/N=C\c2c(C)nn(-c3ccccc3)c2N2CCCCC2)n[nH]1. The van der Waals surface area contributed by atoms with Gasteiger partial charge in [0.2, 0.25) is 0 Å². The molecule has 8 heteroatoms. The monoisotopic (exact) mass is 391 g/mol. The molecule has 2 N–H and O–H groups in total. The lowest BCUT2D eigenvalue weighted by atomic mass is 10.1. The number of aromatic nitrogens is 4. The van der Waals surface area contributed by atoms with E-state index >= 15 is 0 Å². The third-order valence-corrected chi connectivity index (χ3v) is 5.04. The van der Waals surface area contributed by atoms with Crippen molar-refractivity contribution in [2.45, 2.75) is 33.1 Å². The number of amides is 1. The van der Waals surface area contributed by atoms with Crippen molar-refractivity contribution >= 4 is 17.9 Å². The van der Waals surface area contributed by atoms with Crippen LogP contribution in [0.25, 0.3) is 5.69 Å². The van der Waals surface area contributed by atoms with Gasteiger partial charge >= 0.3 is 0 Å². The molecule has 0 atom stereocenters. The number of aryl methyl sites for hydroxylation is 2. The van der Waals surface area contributed by atoms with Crippen molar-refractivity contribution in [1.82, 2.24) is 25.4 Å². The van der Waals surface area contributed by atoms with Gasteiger partial charge in [-0.15, -0.1) is 0 Å². The summed E-state index contributed by atoms with van der Waals surface area (Å²) in [4.78, 5) is 14.6. The van der Waals surface area contributed by atoms with Gasteiger partial charge in [-0.25, -0.2) is 10.1 Å². The van der Waals surface area contributed by atoms with Crippen LogP contribution in [0.4, 0.5) is 5.82 Å². The number of carbonyl (C=O) groups is 1. The molecule has 0 bridgehead atoms. The van der Waals surface area contributed by atoms with E-state index in [0.717, 1.165) is 54.4 Å². The second kappa shape index (κ2) is 8.30. The van der Waals surface area contributed by atoms with E-state index in [4.69, 9.17) is 5.10 Å². The summed E-state index contributed by atoms with van der Waals surface area (Å²) in [6.45, 7) is 5.78. The van der Waals surface area contributed by atoms with E-state index in [2.05, 4.69) is 25.6 Å². The van der Waals surface area contributed by atoms with Gasteiger partial charge in [-0.2, -0.15) is 15.3 Å². The number of nitrogens with one attached hydrogen (secondary N) is 2. The van der Waals surface area contributed by atoms with Gasteiger partial charge in [0, 0.05) is 18.8 Å². The molecule has 1 aliphatic heterocycles. The molecule has 0 unspecified atom stereocenters. The second-order valence-electron chi connectivity index (χ2n) is 7.25. The molecule has 8 nitrogen and oxygen atoms in total. The van der Waals surface area contributed by atoms with E-state index in [-0.39, 0.29) is 5.91 Å². The van der Waals surface area contributed by atoms with Crippen molar-refractivity contribution in [3.05, 3.63) is 59.0 Å². The Balaban J connectivity index is 1.65. The van der Waals surface area contributed by atoms with Crippen LogP contribution in [0.1, 0.15) is 46.7 Å². The molecule has 150 valence electrons. The number of hydrogen-bond acceptors (Lipinski definition) is 5. The number of aromatic amines is 1. The van der Waals surface area contributed by atoms with E-state index in [1.807, 2.05) is 48.9 Å². The van der Waals surface area contributed by atoms with Crippen LogP contribution < -0.4 is 10.3 Å². The number of rotatable bonds is 5. The molecule has 0 aliphatic carbocycles. The van der Waals surface area contributed by atoms with Gasteiger partial charge < -0.3 is 4.90 Å². The molecule has 0 saturated carbocycles. The van der Waals surface area contributed by atoms with E-state index in [1.54, 1.807) is 12.3 Å². The lowest BCUT2D eigenvalue weighted by Crippen LogP contribution is -2.32. The molecule has 29 heavy (non-hydrogen) atoms. The van der Waals surface area contributed by atoms with Gasteiger partial charge in [0.25, 0.3) is 5.91 Å². The molecule has 3 aromatic rings. The minimum atomic E-state index is -0.349. The van der Waals surface area contributed by atoms with Gasteiger partial charge in [-0.05, 0) is 51.3 Å². The smallest absolute Gasteiger partial charge is 0.291 e. The summed E-state index contributed by atoms with van der Waals surface area (Å²) in [6, 6.07) is 11.8. The summed E-state index contributed by atoms with van der Waals surface area (Å²) in [5, 5.41) is 15.7. The van der Waals surface area contributed by atoms with Gasteiger partial charge in [0.05, 0.1) is 23.2 Å². The van der Waals surface area contributed by atoms with Crippen LogP contribution in [0.3, 0.4) is 0 Å². The Hall–Kier alpha value is -3.42. The average Bonchev–Trinajstić information content (AvgIpc) is 3.33. The fourth-order valence-corrected chi connectivity index (χ4v) is 3.58. The first-order valence-corrected chi connectivity index (χ1v) is 9.89. The van der Waals surface area contributed by atoms with Gasteiger partial charge in [-0.3, -0.25) is 9.89 Å². The highest BCUT2D eigenvalue weighted by Gasteiger charge is 2.22. The molecule has 1 aliphatic rings. The maximum atomic E-state index is 12.2. The molecular weight excluding hydrogens is 366 g/mol. The number of hydrazone groups is 1. The molecule has 2 aromatic heterocycles. The highest BCUT2D eigenvalue weighted by molar-refractivity contribution is 5.94. The predicted molar refractivity (Wildman–Crippen MR) is 113 cm³/mol. The van der Waals surface area contributed by atoms with Crippen molar-refractivity contribution in [2.24, 2.45) is 5.10 Å². The minimum absolute atomic E-state index is 0.313. The Morgan fingerprint density at radius 1 is 1.17 bits per heavy atom. The van der Waals surface area contributed by atoms with Gasteiger partial charge in [0.1, 0.15) is 5.82 Å². The molecule has 0 spiro atoms. The van der Waals surface area contributed by atoms with Crippen LogP contribution in [-0.4, -0.2) is 45.2 Å². The molecule has 4 rings (SSSR count). The Labute approximate surface area is 169 Å². The Bertz CT molecular complexity index is 1010. The Morgan fingerprint density at radius 3 is 2.62 bits per heavy atom. The summed E-state index contributed by atoms with van der Waals surface area (Å²) in [6.07, 6.45) is 5.25. The number of H-pyrrole nitrogens is 1. The highest BCUT2D eigenvalue weighted by Crippen LogP contribution is 2.28. The first-order valence-electron chi connectivity index (χ1n) is 9.89. The molecule has 1 fully saturated rings. The summed E-state index contributed by atoms with van der Waals surface area (Å²) in [5.74, 6) is 0.667. The minimum Gasteiger partial charge on any atom is -0.356 e. The molecule has 1 saturated heterocycles. The van der Waals surface area contributed by atoms with Gasteiger partial charge in [0.15, 0.2) is 5.69 Å². The first-order chi connectivity index (χ1) is 14.1. The Kier molecular flexibility index (Phi) is 5.41. The third kappa shape index (κ3) is 4.06. The van der Waals surface area contributed by atoms with Crippen molar-refractivity contribution in [1.29, 1.82) is 0 Å². The predicted octanol–water partition coefficient (Wildman–Crippen LogP) is 2.97. The van der Waals surface area contributed by atoms with E-state index in [0.29, 0.717) is 5.69 Å². The number of carbonyl (C=O) groups excluding carboxylic acids is 1. The van der Waals surface area contributed by atoms with Crippen molar-refractivity contribution in [2.75, 3.05) is 18.0 Å². The normalized spacial score (nSPS) is 14.5. The fraction of sp³-hybridized carbons (Fsp3) is 0.333.